The smallest absolute Gasteiger partial charge is 0.227 e. The van der Waals surface area contributed by atoms with Crippen LogP contribution in [0.25, 0.3) is 0 Å². The van der Waals surface area contributed by atoms with Gasteiger partial charge in [0, 0.05) is 5.92 Å². The van der Waals surface area contributed by atoms with E-state index in [1.165, 1.54) is 6.42 Å². The van der Waals surface area contributed by atoms with Gasteiger partial charge in [-0.15, -0.1) is 0 Å². The first-order chi connectivity index (χ1) is 8.70. The summed E-state index contributed by atoms with van der Waals surface area (Å²) in [5.41, 5.74) is 6.49. The van der Waals surface area contributed by atoms with Crippen LogP contribution in [-0.2, 0) is 4.79 Å². The van der Waals surface area contributed by atoms with Crippen LogP contribution in [0.5, 0.6) is 0 Å². The van der Waals surface area contributed by atoms with E-state index in [0.717, 1.165) is 29.6 Å². The summed E-state index contributed by atoms with van der Waals surface area (Å²) in [7, 11) is 0. The third-order valence-electron chi connectivity index (χ3n) is 3.54. The van der Waals surface area contributed by atoms with Crippen molar-refractivity contribution < 1.29 is 4.79 Å². The molecule has 5 heteroatoms. The summed E-state index contributed by atoms with van der Waals surface area (Å²) >= 11 is 3.27. The number of hydrogen-bond acceptors (Lipinski definition) is 3. The van der Waals surface area contributed by atoms with Crippen molar-refractivity contribution in [1.29, 1.82) is 0 Å². The Morgan fingerprint density at radius 2 is 2.22 bits per heavy atom. The minimum Gasteiger partial charge on any atom is -0.330 e. The van der Waals surface area contributed by atoms with Crippen molar-refractivity contribution in [2.24, 2.45) is 17.6 Å². The normalized spacial score (nSPS) is 23.7. The van der Waals surface area contributed by atoms with Crippen LogP contribution in [0.15, 0.2) is 22.9 Å². The number of halogens is 1. The Hall–Kier alpha value is -0.940. The molecule has 3 N–H and O–H groups in total. The van der Waals surface area contributed by atoms with Crippen LogP contribution in [0.3, 0.4) is 0 Å². The van der Waals surface area contributed by atoms with Gasteiger partial charge in [0.05, 0.1) is 11.9 Å². The van der Waals surface area contributed by atoms with E-state index < -0.39 is 0 Å². The number of aromatic nitrogens is 1. The number of hydrogen-bond donors (Lipinski definition) is 2. The van der Waals surface area contributed by atoms with E-state index in [-0.39, 0.29) is 11.8 Å². The first kappa shape index (κ1) is 13.5. The fourth-order valence-corrected chi connectivity index (χ4v) is 2.75. The van der Waals surface area contributed by atoms with Gasteiger partial charge < -0.3 is 11.1 Å². The number of anilines is 1. The van der Waals surface area contributed by atoms with Crippen molar-refractivity contribution in [3.05, 3.63) is 22.9 Å². The van der Waals surface area contributed by atoms with Gasteiger partial charge in [-0.1, -0.05) is 12.8 Å². The molecule has 1 aromatic heterocycles. The molecular weight excluding hydrogens is 294 g/mol. The minimum absolute atomic E-state index is 0.0485. The quantitative estimate of drug-likeness (QED) is 0.843. The Balaban J connectivity index is 2.00. The van der Waals surface area contributed by atoms with Crippen molar-refractivity contribution in [3.63, 3.8) is 0 Å². The fourth-order valence-electron chi connectivity index (χ4n) is 2.52. The summed E-state index contributed by atoms with van der Waals surface area (Å²) in [6.45, 7) is 0.594. The van der Waals surface area contributed by atoms with Gasteiger partial charge in [0.1, 0.15) is 4.60 Å². The molecule has 0 bridgehead atoms. The maximum absolute atomic E-state index is 12.2. The van der Waals surface area contributed by atoms with Crippen LogP contribution in [-0.4, -0.2) is 17.4 Å². The number of nitrogens with two attached hydrogens (primary N) is 1. The molecule has 1 aliphatic carbocycles. The van der Waals surface area contributed by atoms with Crippen molar-refractivity contribution in [3.8, 4) is 0 Å². The minimum atomic E-state index is 0.0485. The number of nitrogens with zero attached hydrogens (tertiary/aromatic N) is 1. The second-order valence-electron chi connectivity index (χ2n) is 4.75. The van der Waals surface area contributed by atoms with Crippen LogP contribution in [0, 0.1) is 11.8 Å². The van der Waals surface area contributed by atoms with Crippen molar-refractivity contribution in [2.45, 2.75) is 25.7 Å². The molecule has 2 unspecified atom stereocenters. The van der Waals surface area contributed by atoms with Gasteiger partial charge in [-0.25, -0.2) is 4.98 Å². The molecule has 4 nitrogen and oxygen atoms in total. The molecule has 0 radical (unpaired) electrons. The molecule has 0 spiro atoms. The highest BCUT2D eigenvalue weighted by Crippen LogP contribution is 2.30. The molecule has 0 aliphatic heterocycles. The fraction of sp³-hybridized carbons (Fsp3) is 0.538. The van der Waals surface area contributed by atoms with E-state index >= 15 is 0 Å². The highest BCUT2D eigenvalue weighted by molar-refractivity contribution is 9.10. The van der Waals surface area contributed by atoms with Crippen LogP contribution in [0.1, 0.15) is 25.7 Å². The molecule has 2 rings (SSSR count). The Labute approximate surface area is 115 Å². The summed E-state index contributed by atoms with van der Waals surface area (Å²) in [6.07, 6.45) is 5.96. The maximum atomic E-state index is 12.2. The molecule has 1 aromatic rings. The summed E-state index contributed by atoms with van der Waals surface area (Å²) in [4.78, 5) is 16.3. The van der Waals surface area contributed by atoms with E-state index in [1.807, 2.05) is 12.1 Å². The first-order valence-electron chi connectivity index (χ1n) is 6.33. The molecular formula is C13H18BrN3O. The Morgan fingerprint density at radius 1 is 1.44 bits per heavy atom. The van der Waals surface area contributed by atoms with Gasteiger partial charge in [-0.3, -0.25) is 4.79 Å². The van der Waals surface area contributed by atoms with Crippen LogP contribution < -0.4 is 11.1 Å². The summed E-state index contributed by atoms with van der Waals surface area (Å²) < 4.78 is 0.762. The maximum Gasteiger partial charge on any atom is 0.227 e. The predicted octanol–water partition coefficient (Wildman–Crippen LogP) is 2.55. The highest BCUT2D eigenvalue weighted by atomic mass is 79.9. The number of carbonyl (C=O) groups is 1. The Morgan fingerprint density at radius 3 is 2.89 bits per heavy atom. The molecule has 1 fully saturated rings. The molecule has 0 saturated heterocycles. The monoisotopic (exact) mass is 311 g/mol. The molecule has 1 amide bonds. The van der Waals surface area contributed by atoms with E-state index in [2.05, 4.69) is 26.2 Å². The van der Waals surface area contributed by atoms with Crippen molar-refractivity contribution >= 4 is 27.5 Å². The average Bonchev–Trinajstić information content (AvgIpc) is 2.41. The molecule has 0 aromatic carbocycles. The van der Waals surface area contributed by atoms with Gasteiger partial charge >= 0.3 is 0 Å². The number of nitrogens with one attached hydrogen (secondary N) is 1. The second-order valence-corrected chi connectivity index (χ2v) is 5.56. The van der Waals surface area contributed by atoms with Gasteiger partial charge in [-0.2, -0.15) is 0 Å². The van der Waals surface area contributed by atoms with E-state index in [1.54, 1.807) is 6.20 Å². The molecule has 98 valence electrons. The summed E-state index contributed by atoms with van der Waals surface area (Å²) in [5, 5.41) is 2.93. The van der Waals surface area contributed by atoms with E-state index in [4.69, 9.17) is 5.73 Å². The SMILES string of the molecule is NCC1CCCCC1C(=O)Nc1ccc(Br)nc1. The lowest BCUT2D eigenvalue weighted by atomic mass is 9.79. The van der Waals surface area contributed by atoms with E-state index in [9.17, 15) is 4.79 Å². The van der Waals surface area contributed by atoms with Crippen LogP contribution in [0.2, 0.25) is 0 Å². The zero-order valence-corrected chi connectivity index (χ0v) is 11.8. The molecule has 18 heavy (non-hydrogen) atoms. The largest absolute Gasteiger partial charge is 0.330 e. The van der Waals surface area contributed by atoms with Gasteiger partial charge in [0.15, 0.2) is 0 Å². The molecule has 1 saturated carbocycles. The lowest BCUT2D eigenvalue weighted by Gasteiger charge is -2.29. The number of rotatable bonds is 3. The summed E-state index contributed by atoms with van der Waals surface area (Å²) in [5.74, 6) is 0.448. The van der Waals surface area contributed by atoms with Gasteiger partial charge in [-0.05, 0) is 53.4 Å². The zero-order chi connectivity index (χ0) is 13.0. The molecule has 2 atom stereocenters. The van der Waals surface area contributed by atoms with Gasteiger partial charge in [0.25, 0.3) is 0 Å². The third-order valence-corrected chi connectivity index (χ3v) is 4.01. The van der Waals surface area contributed by atoms with Crippen molar-refractivity contribution in [1.82, 2.24) is 4.98 Å². The Kier molecular flexibility index (Phi) is 4.72. The second kappa shape index (κ2) is 6.29. The van der Waals surface area contributed by atoms with Gasteiger partial charge in [0.2, 0.25) is 5.91 Å². The lowest BCUT2D eigenvalue weighted by molar-refractivity contribution is -0.122. The predicted molar refractivity (Wildman–Crippen MR) is 75.1 cm³/mol. The standard InChI is InChI=1S/C13H18BrN3O/c14-12-6-5-10(8-16-12)17-13(18)11-4-2-1-3-9(11)7-15/h5-6,8-9,11H,1-4,7,15H2,(H,17,18). The topological polar surface area (TPSA) is 68.0 Å². The first-order valence-corrected chi connectivity index (χ1v) is 7.12. The highest BCUT2D eigenvalue weighted by Gasteiger charge is 2.29. The lowest BCUT2D eigenvalue weighted by Crippen LogP contribution is -2.35. The van der Waals surface area contributed by atoms with Crippen LogP contribution in [0.4, 0.5) is 5.69 Å². The number of amides is 1. The molecule has 1 heterocycles. The van der Waals surface area contributed by atoms with Crippen molar-refractivity contribution in [2.75, 3.05) is 11.9 Å². The number of pyridine rings is 1. The number of carbonyl (C=O) groups excluding carboxylic acids is 1. The average molecular weight is 312 g/mol. The summed E-state index contributed by atoms with van der Waals surface area (Å²) in [6, 6.07) is 3.66. The Bertz CT molecular complexity index is 407. The van der Waals surface area contributed by atoms with E-state index in [0.29, 0.717) is 12.5 Å². The third kappa shape index (κ3) is 3.29. The molecule has 1 aliphatic rings. The zero-order valence-electron chi connectivity index (χ0n) is 10.2. The van der Waals surface area contributed by atoms with Crippen LogP contribution >= 0.6 is 15.9 Å².